The van der Waals surface area contributed by atoms with Crippen LogP contribution >= 0.6 is 0 Å². The normalized spacial score (nSPS) is 13.9. The Kier molecular flexibility index (Phi) is 22.4. The third kappa shape index (κ3) is 21.4. The van der Waals surface area contributed by atoms with E-state index in [1.807, 2.05) is 0 Å². The molecular weight excluding hydrogens is 371 g/mol. The van der Waals surface area contributed by atoms with E-state index in [0.29, 0.717) is 19.3 Å². The molecule has 0 rings (SSSR count). The van der Waals surface area contributed by atoms with Gasteiger partial charge in [0.15, 0.2) is 0 Å². The average Bonchev–Trinajstić information content (AvgIpc) is 2.58. The van der Waals surface area contributed by atoms with Crippen molar-refractivity contribution < 1.29 is 47.6 Å². The van der Waals surface area contributed by atoms with Crippen LogP contribution in [0.4, 0.5) is 0 Å². The van der Waals surface area contributed by atoms with E-state index in [4.69, 9.17) is 0 Å². The van der Waals surface area contributed by atoms with Gasteiger partial charge in [0.2, 0.25) is 0 Å². The number of aliphatic hydroxyl groups is 1. The molecule has 0 aliphatic heterocycles. The van der Waals surface area contributed by atoms with Gasteiger partial charge < -0.3 is 9.66 Å². The van der Waals surface area contributed by atoms with Crippen LogP contribution in [0, 0.1) is 0 Å². The summed E-state index contributed by atoms with van der Waals surface area (Å²) >= 11 is 0. The maximum Gasteiger partial charge on any atom is 1.00 e. The fraction of sp³-hybridized carbons (Fsp3) is 1.00. The van der Waals surface area contributed by atoms with E-state index < -0.39 is 15.4 Å². The second kappa shape index (κ2) is 20.2. The second-order valence-electron chi connectivity index (χ2n) is 7.92. The zero-order valence-corrected chi connectivity index (χ0v) is 21.1. The summed E-state index contributed by atoms with van der Waals surface area (Å²) in [6, 6.07) is 0. The first-order chi connectivity index (χ1) is 12.4. The topological polar surface area (TPSA) is 77.4 Å². The van der Waals surface area contributed by atoms with E-state index in [9.17, 15) is 18.1 Å². The molecule has 0 spiro atoms. The Labute approximate surface area is 191 Å². The van der Waals surface area contributed by atoms with E-state index in [1.165, 1.54) is 77.6 Å². The van der Waals surface area contributed by atoms with Crippen LogP contribution in [0.5, 0.6) is 0 Å². The molecule has 0 fully saturated rings. The van der Waals surface area contributed by atoms with Crippen molar-refractivity contribution in [3.05, 3.63) is 0 Å². The van der Waals surface area contributed by atoms with Crippen molar-refractivity contribution in [1.82, 2.24) is 0 Å². The summed E-state index contributed by atoms with van der Waals surface area (Å²) in [6.07, 6.45) is 19.0. The van der Waals surface area contributed by atoms with Crippen molar-refractivity contribution in [2.24, 2.45) is 0 Å². The molecule has 0 aromatic heterocycles. The largest absolute Gasteiger partial charge is 1.00 e. The fourth-order valence-corrected chi connectivity index (χ4v) is 3.78. The third-order valence-corrected chi connectivity index (χ3v) is 6.50. The number of hydrogen-bond acceptors (Lipinski definition) is 4. The number of unbranched alkanes of at least 4 members (excludes halogenated alkanes) is 12. The van der Waals surface area contributed by atoms with Crippen LogP contribution in [-0.4, -0.2) is 29.4 Å². The Hall–Kier alpha value is 0.870. The Bertz CT molecular complexity index is 401. The minimum absolute atomic E-state index is 0. The molecule has 0 saturated heterocycles. The minimum atomic E-state index is -4.15. The van der Waals surface area contributed by atoms with Gasteiger partial charge in [0.05, 0.1) is 16.2 Å². The van der Waals surface area contributed by atoms with Gasteiger partial charge in [-0.1, -0.05) is 96.8 Å². The maximum absolute atomic E-state index is 10.8. The van der Waals surface area contributed by atoms with Crippen LogP contribution in [-0.2, 0) is 10.1 Å². The summed E-state index contributed by atoms with van der Waals surface area (Å²) in [5.41, 5.74) is 0. The van der Waals surface area contributed by atoms with E-state index in [1.54, 1.807) is 0 Å². The summed E-state index contributed by atoms with van der Waals surface area (Å²) in [5, 5.41) is 9.15. The van der Waals surface area contributed by atoms with Gasteiger partial charge in [0.1, 0.15) is 0 Å². The Balaban J connectivity index is 0. The molecule has 2 atom stereocenters. The van der Waals surface area contributed by atoms with Gasteiger partial charge in [-0.15, -0.1) is 0 Å². The van der Waals surface area contributed by atoms with Crippen LogP contribution < -0.4 is 29.6 Å². The van der Waals surface area contributed by atoms with E-state index in [-0.39, 0.29) is 35.7 Å². The van der Waals surface area contributed by atoms with Gasteiger partial charge >= 0.3 is 29.6 Å². The molecule has 0 aromatic rings. The summed E-state index contributed by atoms with van der Waals surface area (Å²) in [5.74, 6) is 0. The first-order valence-corrected chi connectivity index (χ1v) is 12.5. The van der Waals surface area contributed by atoms with Gasteiger partial charge in [-0.2, -0.15) is 0 Å². The molecule has 6 heteroatoms. The van der Waals surface area contributed by atoms with Gasteiger partial charge in [0, 0.05) is 5.25 Å². The number of hydrogen-bond donors (Lipinski definition) is 1. The summed E-state index contributed by atoms with van der Waals surface area (Å²) in [7, 11) is -4.15. The second-order valence-corrected chi connectivity index (χ2v) is 9.71. The predicted molar refractivity (Wildman–Crippen MR) is 109 cm³/mol. The molecule has 0 saturated carbocycles. The van der Waals surface area contributed by atoms with Crippen LogP contribution in [0.15, 0.2) is 0 Å². The zero-order valence-electron chi connectivity index (χ0n) is 18.3. The molecule has 158 valence electrons. The minimum Gasteiger partial charge on any atom is -0.748 e. The maximum atomic E-state index is 10.8. The van der Waals surface area contributed by atoms with Gasteiger partial charge in [-0.25, -0.2) is 8.42 Å². The molecule has 0 heterocycles. The van der Waals surface area contributed by atoms with Crippen molar-refractivity contribution in [2.75, 3.05) is 0 Å². The molecule has 4 nitrogen and oxygen atoms in total. The van der Waals surface area contributed by atoms with E-state index >= 15 is 0 Å². The summed E-state index contributed by atoms with van der Waals surface area (Å²) < 4.78 is 32.4. The fourth-order valence-electron chi connectivity index (χ4n) is 3.32. The van der Waals surface area contributed by atoms with E-state index in [2.05, 4.69) is 6.92 Å². The SMILES string of the molecule is CCCCCCCCCCCCCCC(O)CCCCC(C)S(=O)(=O)[O-].[Na+]. The third-order valence-electron chi connectivity index (χ3n) is 5.28. The smallest absolute Gasteiger partial charge is 0.748 e. The van der Waals surface area contributed by atoms with Crippen molar-refractivity contribution >= 4 is 10.1 Å². The average molecular weight is 415 g/mol. The number of rotatable bonds is 19. The molecule has 0 aliphatic carbocycles. The first-order valence-electron chi connectivity index (χ1n) is 11.0. The van der Waals surface area contributed by atoms with Crippen molar-refractivity contribution in [3.63, 3.8) is 0 Å². The number of aliphatic hydroxyl groups excluding tert-OH is 1. The van der Waals surface area contributed by atoms with Crippen molar-refractivity contribution in [2.45, 2.75) is 134 Å². The van der Waals surface area contributed by atoms with Gasteiger partial charge in [0.25, 0.3) is 0 Å². The summed E-state index contributed by atoms with van der Waals surface area (Å²) in [6.45, 7) is 3.72. The van der Waals surface area contributed by atoms with Crippen LogP contribution in [0.25, 0.3) is 0 Å². The molecule has 0 radical (unpaired) electrons. The Morgan fingerprint density at radius 1 is 0.704 bits per heavy atom. The summed E-state index contributed by atoms with van der Waals surface area (Å²) in [4.78, 5) is 0. The standard InChI is InChI=1S/C21H44O4S.Na/c1-3-4-5-6-7-8-9-10-11-12-13-14-18-21(22)19-16-15-17-20(2)26(23,24)25;/h20-22H,3-19H2,1-2H3,(H,23,24,25);/q;+1/p-1. The predicted octanol–water partition coefficient (Wildman–Crippen LogP) is 2.94. The van der Waals surface area contributed by atoms with Gasteiger partial charge in [-0.05, 0) is 26.2 Å². The Morgan fingerprint density at radius 2 is 1.04 bits per heavy atom. The Morgan fingerprint density at radius 3 is 1.44 bits per heavy atom. The van der Waals surface area contributed by atoms with Crippen LogP contribution in [0.3, 0.4) is 0 Å². The molecule has 0 amide bonds. The first kappa shape index (κ1) is 30.1. The molecule has 0 bridgehead atoms. The molecule has 0 aromatic carbocycles. The molecular formula is C21H43NaO4S. The molecule has 0 aliphatic rings. The van der Waals surface area contributed by atoms with Crippen molar-refractivity contribution in [1.29, 1.82) is 0 Å². The van der Waals surface area contributed by atoms with E-state index in [0.717, 1.165) is 19.3 Å². The monoisotopic (exact) mass is 414 g/mol. The molecule has 1 N–H and O–H groups in total. The molecule has 27 heavy (non-hydrogen) atoms. The van der Waals surface area contributed by atoms with Gasteiger partial charge in [-0.3, -0.25) is 0 Å². The van der Waals surface area contributed by atoms with Crippen LogP contribution in [0.1, 0.15) is 123 Å². The quantitative estimate of drug-likeness (QED) is 0.200. The molecule has 2 unspecified atom stereocenters. The van der Waals surface area contributed by atoms with Crippen molar-refractivity contribution in [3.8, 4) is 0 Å². The van der Waals surface area contributed by atoms with Crippen LogP contribution in [0.2, 0.25) is 0 Å². The zero-order chi connectivity index (χ0) is 19.7.